The first kappa shape index (κ1) is 16.0. The number of nitrogens with zero attached hydrogens (tertiary/aromatic N) is 1. The zero-order chi connectivity index (χ0) is 16.4. The molecule has 1 aromatic carbocycles. The van der Waals surface area contributed by atoms with Gasteiger partial charge in [-0.3, -0.25) is 5.10 Å². The average Bonchev–Trinajstić information content (AvgIpc) is 2.86. The fourth-order valence-corrected chi connectivity index (χ4v) is 4.31. The number of fused-ring (bicyclic) bond motifs is 1. The molecule has 0 aliphatic carbocycles. The van der Waals surface area contributed by atoms with Crippen molar-refractivity contribution in [2.24, 2.45) is 0 Å². The number of hydrogen-bond acceptors (Lipinski definition) is 4. The van der Waals surface area contributed by atoms with E-state index in [0.29, 0.717) is 24.4 Å². The minimum Gasteiger partial charge on any atom is -0.493 e. The smallest absolute Gasteiger partial charge is 0.244 e. The number of nitrogens with one attached hydrogen (secondary N) is 2. The molecular formula is C16H21N3O3S. The van der Waals surface area contributed by atoms with Gasteiger partial charge in [0, 0.05) is 6.54 Å². The minimum atomic E-state index is -3.53. The fourth-order valence-electron chi connectivity index (χ4n) is 2.91. The second-order valence-corrected chi connectivity index (χ2v) is 7.51. The number of benzene rings is 1. The van der Waals surface area contributed by atoms with E-state index >= 15 is 0 Å². The molecule has 0 unspecified atom stereocenters. The second-order valence-electron chi connectivity index (χ2n) is 5.81. The van der Waals surface area contributed by atoms with Gasteiger partial charge in [-0.2, -0.15) is 5.10 Å². The number of ether oxygens (including phenoxy) is 1. The molecule has 1 aromatic heterocycles. The van der Waals surface area contributed by atoms with Crippen molar-refractivity contribution < 1.29 is 13.2 Å². The van der Waals surface area contributed by atoms with E-state index in [4.69, 9.17) is 4.74 Å². The lowest BCUT2D eigenvalue weighted by molar-refractivity contribution is 0.288. The highest BCUT2D eigenvalue weighted by atomic mass is 32.2. The summed E-state index contributed by atoms with van der Waals surface area (Å²) in [5.41, 5.74) is 3.36. The normalized spacial score (nSPS) is 14.3. The van der Waals surface area contributed by atoms with Crippen LogP contribution in [0.4, 0.5) is 0 Å². The highest BCUT2D eigenvalue weighted by Gasteiger charge is 2.21. The van der Waals surface area contributed by atoms with Crippen LogP contribution in [0.3, 0.4) is 0 Å². The van der Waals surface area contributed by atoms with Crippen molar-refractivity contribution in [1.29, 1.82) is 0 Å². The van der Waals surface area contributed by atoms with Gasteiger partial charge in [0.2, 0.25) is 10.0 Å². The third kappa shape index (κ3) is 3.40. The highest BCUT2D eigenvalue weighted by molar-refractivity contribution is 7.89. The fraction of sp³-hybridized carbons (Fsp3) is 0.438. The van der Waals surface area contributed by atoms with E-state index < -0.39 is 10.0 Å². The summed E-state index contributed by atoms with van der Waals surface area (Å²) < 4.78 is 33.0. The molecule has 0 fully saturated rings. The Labute approximate surface area is 136 Å². The van der Waals surface area contributed by atoms with Crippen LogP contribution in [0.15, 0.2) is 23.1 Å². The second kappa shape index (κ2) is 6.33. The molecule has 3 rings (SSSR count). The largest absolute Gasteiger partial charge is 0.493 e. The molecule has 1 aliphatic rings. The van der Waals surface area contributed by atoms with Crippen LogP contribution in [0.5, 0.6) is 5.75 Å². The van der Waals surface area contributed by atoms with Crippen LogP contribution in [-0.2, 0) is 22.9 Å². The maximum atomic E-state index is 12.4. The Kier molecular flexibility index (Phi) is 4.41. The van der Waals surface area contributed by atoms with E-state index in [1.165, 1.54) is 5.56 Å². The van der Waals surface area contributed by atoms with Crippen molar-refractivity contribution in [2.45, 2.75) is 38.0 Å². The molecule has 0 atom stereocenters. The molecule has 2 N–H and O–H groups in total. The molecule has 6 nitrogen and oxygen atoms in total. The van der Waals surface area contributed by atoms with Crippen molar-refractivity contribution in [3.05, 3.63) is 40.7 Å². The molecule has 124 valence electrons. The molecule has 2 heterocycles. The highest BCUT2D eigenvalue weighted by Crippen LogP contribution is 2.25. The molecule has 0 spiro atoms. The van der Waals surface area contributed by atoms with Gasteiger partial charge in [0.1, 0.15) is 10.6 Å². The van der Waals surface area contributed by atoms with Crippen LogP contribution >= 0.6 is 0 Å². The molecule has 23 heavy (non-hydrogen) atoms. The number of sulfonamides is 1. The Morgan fingerprint density at radius 1 is 1.35 bits per heavy atom. The average molecular weight is 335 g/mol. The zero-order valence-electron chi connectivity index (χ0n) is 13.3. The van der Waals surface area contributed by atoms with E-state index in [1.807, 2.05) is 12.1 Å². The predicted octanol–water partition coefficient (Wildman–Crippen LogP) is 1.87. The van der Waals surface area contributed by atoms with Crippen molar-refractivity contribution in [3.8, 4) is 5.75 Å². The molecule has 7 heteroatoms. The Morgan fingerprint density at radius 3 is 2.91 bits per heavy atom. The summed E-state index contributed by atoms with van der Waals surface area (Å²) in [6.45, 7) is 4.52. The predicted molar refractivity (Wildman–Crippen MR) is 87.2 cm³/mol. The first-order valence-corrected chi connectivity index (χ1v) is 9.21. The van der Waals surface area contributed by atoms with E-state index in [0.717, 1.165) is 30.8 Å². The third-order valence-electron chi connectivity index (χ3n) is 4.01. The summed E-state index contributed by atoms with van der Waals surface area (Å²) in [5.74, 6) is 0.949. The van der Waals surface area contributed by atoms with Crippen LogP contribution in [0.2, 0.25) is 0 Å². The Balaban J connectivity index is 1.65. The van der Waals surface area contributed by atoms with Gasteiger partial charge < -0.3 is 4.74 Å². The number of aromatic amines is 1. The molecule has 1 aliphatic heterocycles. The molecule has 0 bridgehead atoms. The Bertz CT molecular complexity index is 792. The lowest BCUT2D eigenvalue weighted by Crippen LogP contribution is -2.27. The van der Waals surface area contributed by atoms with Crippen molar-refractivity contribution in [3.63, 3.8) is 0 Å². The van der Waals surface area contributed by atoms with Gasteiger partial charge in [-0.25, -0.2) is 13.1 Å². The Hall–Kier alpha value is -1.86. The number of aromatic nitrogens is 2. The standard InChI is InChI=1S/C16H21N3O3S/c1-11-16(12(2)19-18-11)23(20,21)17-8-7-13-5-6-15-14(10-13)4-3-9-22-15/h5-6,10,17H,3-4,7-9H2,1-2H3,(H,18,19). The third-order valence-corrected chi connectivity index (χ3v) is 5.73. The van der Waals surface area contributed by atoms with Gasteiger partial charge >= 0.3 is 0 Å². The van der Waals surface area contributed by atoms with Crippen LogP contribution in [-0.4, -0.2) is 31.8 Å². The van der Waals surface area contributed by atoms with Gasteiger partial charge in [0.15, 0.2) is 0 Å². The van der Waals surface area contributed by atoms with Crippen LogP contribution in [0.1, 0.15) is 28.9 Å². The maximum Gasteiger partial charge on any atom is 0.244 e. The summed E-state index contributed by atoms with van der Waals surface area (Å²) in [4.78, 5) is 0.247. The van der Waals surface area contributed by atoms with Gasteiger partial charge in [0.25, 0.3) is 0 Å². The number of hydrogen-bond donors (Lipinski definition) is 2. The molecule has 2 aromatic rings. The van der Waals surface area contributed by atoms with E-state index in [2.05, 4.69) is 21.0 Å². The van der Waals surface area contributed by atoms with Gasteiger partial charge in [-0.05, 0) is 50.3 Å². The van der Waals surface area contributed by atoms with Gasteiger partial charge in [-0.1, -0.05) is 12.1 Å². The number of H-pyrrole nitrogens is 1. The topological polar surface area (TPSA) is 84.1 Å². The van der Waals surface area contributed by atoms with Crippen molar-refractivity contribution in [1.82, 2.24) is 14.9 Å². The Morgan fingerprint density at radius 2 is 2.17 bits per heavy atom. The first-order chi connectivity index (χ1) is 11.0. The molecular weight excluding hydrogens is 314 g/mol. The molecule has 0 saturated carbocycles. The summed E-state index contributed by atoms with van der Waals surface area (Å²) in [5, 5.41) is 6.64. The quantitative estimate of drug-likeness (QED) is 0.874. The maximum absolute atomic E-state index is 12.4. The van der Waals surface area contributed by atoms with Crippen LogP contribution in [0.25, 0.3) is 0 Å². The van der Waals surface area contributed by atoms with Gasteiger partial charge in [0.05, 0.1) is 18.0 Å². The summed E-state index contributed by atoms with van der Waals surface area (Å²) >= 11 is 0. The number of rotatable bonds is 5. The number of aryl methyl sites for hydroxylation is 3. The SMILES string of the molecule is Cc1n[nH]c(C)c1S(=O)(=O)NCCc1ccc2c(c1)CCCO2. The first-order valence-electron chi connectivity index (χ1n) is 7.73. The van der Waals surface area contributed by atoms with E-state index in [9.17, 15) is 8.42 Å². The van der Waals surface area contributed by atoms with Crippen molar-refractivity contribution >= 4 is 10.0 Å². The van der Waals surface area contributed by atoms with E-state index in [-0.39, 0.29) is 4.90 Å². The van der Waals surface area contributed by atoms with E-state index in [1.54, 1.807) is 13.8 Å². The van der Waals surface area contributed by atoms with Crippen LogP contribution < -0.4 is 9.46 Å². The monoisotopic (exact) mass is 335 g/mol. The molecule has 0 saturated heterocycles. The summed E-state index contributed by atoms with van der Waals surface area (Å²) in [7, 11) is -3.53. The lowest BCUT2D eigenvalue weighted by Gasteiger charge is -2.18. The van der Waals surface area contributed by atoms with Crippen molar-refractivity contribution in [2.75, 3.05) is 13.2 Å². The summed E-state index contributed by atoms with van der Waals surface area (Å²) in [6.07, 6.45) is 2.69. The lowest BCUT2D eigenvalue weighted by atomic mass is 10.0. The zero-order valence-corrected chi connectivity index (χ0v) is 14.2. The van der Waals surface area contributed by atoms with Crippen LogP contribution in [0, 0.1) is 13.8 Å². The van der Waals surface area contributed by atoms with Gasteiger partial charge in [-0.15, -0.1) is 0 Å². The molecule has 0 radical (unpaired) electrons. The molecule has 0 amide bonds. The minimum absolute atomic E-state index is 0.247. The summed E-state index contributed by atoms with van der Waals surface area (Å²) in [6, 6.07) is 6.08.